The summed E-state index contributed by atoms with van der Waals surface area (Å²) in [4.78, 5) is 12.7. The van der Waals surface area contributed by atoms with Gasteiger partial charge >= 0.3 is 6.09 Å². The van der Waals surface area contributed by atoms with E-state index in [4.69, 9.17) is 11.6 Å². The first kappa shape index (κ1) is 14.6. The summed E-state index contributed by atoms with van der Waals surface area (Å²) in [7, 11) is 0. The van der Waals surface area contributed by atoms with Crippen LogP contribution < -0.4 is 4.90 Å². The van der Waals surface area contributed by atoms with Crippen molar-refractivity contribution in [3.05, 3.63) is 26.3 Å². The molecule has 1 rings (SSSR count). The van der Waals surface area contributed by atoms with Crippen molar-refractivity contribution in [2.24, 2.45) is 0 Å². The first-order valence-electron chi connectivity index (χ1n) is 5.13. The Morgan fingerprint density at radius 3 is 2.35 bits per heavy atom. The number of rotatable bonds is 1. The third-order valence-electron chi connectivity index (χ3n) is 2.38. The van der Waals surface area contributed by atoms with E-state index >= 15 is 0 Å². The monoisotopic (exact) mass is 367 g/mol. The zero-order valence-electron chi connectivity index (χ0n) is 10.2. The van der Waals surface area contributed by atoms with Gasteiger partial charge in [-0.25, -0.2) is 4.79 Å². The van der Waals surface area contributed by atoms with E-state index in [0.717, 1.165) is 9.13 Å². The van der Waals surface area contributed by atoms with Gasteiger partial charge in [0.25, 0.3) is 0 Å². The fourth-order valence-electron chi connectivity index (χ4n) is 1.62. The Morgan fingerprint density at radius 2 is 1.94 bits per heavy atom. The molecule has 1 aromatic rings. The van der Waals surface area contributed by atoms with E-state index in [0.29, 0.717) is 10.7 Å². The van der Waals surface area contributed by atoms with Crippen LogP contribution in [0, 0.1) is 10.5 Å². The molecular weight excluding hydrogens is 352 g/mol. The van der Waals surface area contributed by atoms with Crippen molar-refractivity contribution in [2.45, 2.75) is 33.2 Å². The minimum absolute atomic E-state index is 0.510. The van der Waals surface area contributed by atoms with Gasteiger partial charge in [-0.3, -0.25) is 4.90 Å². The minimum atomic E-state index is -0.973. The lowest BCUT2D eigenvalue weighted by atomic mass is 10.0. The van der Waals surface area contributed by atoms with Gasteiger partial charge in [0.1, 0.15) is 0 Å². The van der Waals surface area contributed by atoms with Crippen LogP contribution in [0.2, 0.25) is 5.02 Å². The number of carboxylic acid groups (broad SMARTS) is 1. The molecule has 0 aliphatic rings. The highest BCUT2D eigenvalue weighted by Crippen LogP contribution is 2.32. The summed E-state index contributed by atoms with van der Waals surface area (Å²) in [6.45, 7) is 7.46. The average molecular weight is 368 g/mol. The van der Waals surface area contributed by atoms with Gasteiger partial charge < -0.3 is 5.11 Å². The molecule has 5 heteroatoms. The normalized spacial score (nSPS) is 11.4. The fraction of sp³-hybridized carbons (Fsp3) is 0.417. The Bertz CT molecular complexity index is 455. The molecule has 1 amide bonds. The molecular formula is C12H15ClINO2. The maximum absolute atomic E-state index is 11.4. The van der Waals surface area contributed by atoms with Gasteiger partial charge in [0.15, 0.2) is 0 Å². The Kier molecular flexibility index (Phi) is 4.30. The van der Waals surface area contributed by atoms with Gasteiger partial charge in [0.05, 0.1) is 5.69 Å². The van der Waals surface area contributed by atoms with E-state index in [-0.39, 0.29) is 0 Å². The number of benzene rings is 1. The molecule has 0 radical (unpaired) electrons. The van der Waals surface area contributed by atoms with Crippen molar-refractivity contribution >= 4 is 46.0 Å². The lowest BCUT2D eigenvalue weighted by Gasteiger charge is -2.34. The first-order chi connectivity index (χ1) is 7.64. The van der Waals surface area contributed by atoms with Crippen molar-refractivity contribution in [1.82, 2.24) is 0 Å². The number of nitrogens with zero attached hydrogens (tertiary/aromatic N) is 1. The third kappa shape index (κ3) is 3.25. The zero-order valence-corrected chi connectivity index (χ0v) is 13.1. The number of hydrogen-bond acceptors (Lipinski definition) is 1. The second-order valence-electron chi connectivity index (χ2n) is 4.82. The number of halogens is 2. The number of anilines is 1. The Hall–Kier alpha value is -0.490. The predicted molar refractivity (Wildman–Crippen MR) is 79.2 cm³/mol. The highest BCUT2D eigenvalue weighted by molar-refractivity contribution is 14.1. The van der Waals surface area contributed by atoms with Crippen LogP contribution in [0.15, 0.2) is 12.1 Å². The molecule has 0 atom stereocenters. The van der Waals surface area contributed by atoms with E-state index in [9.17, 15) is 9.90 Å². The van der Waals surface area contributed by atoms with Crippen molar-refractivity contribution in [3.63, 3.8) is 0 Å². The fourth-order valence-corrected chi connectivity index (χ4v) is 2.62. The molecule has 0 fully saturated rings. The van der Waals surface area contributed by atoms with E-state index in [1.165, 1.54) is 4.90 Å². The molecule has 0 spiro atoms. The molecule has 3 nitrogen and oxygen atoms in total. The quantitative estimate of drug-likeness (QED) is 0.741. The lowest BCUT2D eigenvalue weighted by Crippen LogP contribution is -2.45. The zero-order chi connectivity index (χ0) is 13.4. The SMILES string of the molecule is Cc1c(I)cc(Cl)cc1N(C(=O)O)C(C)(C)C. The maximum atomic E-state index is 11.4. The molecule has 0 aliphatic heterocycles. The third-order valence-corrected chi connectivity index (χ3v) is 3.72. The summed E-state index contributed by atoms with van der Waals surface area (Å²) >= 11 is 8.15. The summed E-state index contributed by atoms with van der Waals surface area (Å²) in [5, 5.41) is 9.90. The highest BCUT2D eigenvalue weighted by atomic mass is 127. The summed E-state index contributed by atoms with van der Waals surface area (Å²) in [5.74, 6) is 0. The van der Waals surface area contributed by atoms with Crippen LogP contribution in [0.1, 0.15) is 26.3 Å². The summed E-state index contributed by atoms with van der Waals surface area (Å²) in [5.41, 5.74) is 1.05. The van der Waals surface area contributed by atoms with Crippen molar-refractivity contribution < 1.29 is 9.90 Å². The summed E-state index contributed by atoms with van der Waals surface area (Å²) < 4.78 is 0.959. The van der Waals surface area contributed by atoms with Crippen molar-refractivity contribution in [1.29, 1.82) is 0 Å². The van der Waals surface area contributed by atoms with E-state index in [1.54, 1.807) is 6.07 Å². The minimum Gasteiger partial charge on any atom is -0.465 e. The van der Waals surface area contributed by atoms with Crippen LogP contribution >= 0.6 is 34.2 Å². The topological polar surface area (TPSA) is 40.5 Å². The smallest absolute Gasteiger partial charge is 0.412 e. The summed E-state index contributed by atoms with van der Waals surface area (Å²) in [6, 6.07) is 3.52. The van der Waals surface area contributed by atoms with Crippen LogP contribution in [-0.2, 0) is 0 Å². The molecule has 1 aromatic carbocycles. The molecule has 0 aromatic heterocycles. The van der Waals surface area contributed by atoms with Gasteiger partial charge in [-0.05, 0) is 68.0 Å². The average Bonchev–Trinajstić information content (AvgIpc) is 2.10. The van der Waals surface area contributed by atoms with Crippen LogP contribution in [0.5, 0.6) is 0 Å². The Labute approximate surface area is 120 Å². The maximum Gasteiger partial charge on any atom is 0.412 e. The van der Waals surface area contributed by atoms with Crippen LogP contribution in [-0.4, -0.2) is 16.7 Å². The molecule has 0 aliphatic carbocycles. The molecule has 0 bridgehead atoms. The molecule has 0 saturated carbocycles. The highest BCUT2D eigenvalue weighted by Gasteiger charge is 2.29. The van der Waals surface area contributed by atoms with E-state index in [2.05, 4.69) is 22.6 Å². The predicted octanol–water partition coefficient (Wildman–Crippen LogP) is 4.54. The number of carbonyl (C=O) groups is 1. The molecule has 0 heterocycles. The second kappa shape index (κ2) is 5.02. The Balaban J connectivity index is 3.44. The van der Waals surface area contributed by atoms with Crippen LogP contribution in [0.4, 0.5) is 10.5 Å². The van der Waals surface area contributed by atoms with Gasteiger partial charge in [0, 0.05) is 14.1 Å². The Morgan fingerprint density at radius 1 is 1.41 bits per heavy atom. The van der Waals surface area contributed by atoms with Crippen molar-refractivity contribution in [3.8, 4) is 0 Å². The largest absolute Gasteiger partial charge is 0.465 e. The molecule has 17 heavy (non-hydrogen) atoms. The molecule has 0 unspecified atom stereocenters. The number of amides is 1. The second-order valence-corrected chi connectivity index (χ2v) is 6.42. The standard InChI is InChI=1S/C12H15ClINO2/c1-7-9(14)5-8(13)6-10(7)15(11(16)17)12(2,3)4/h5-6H,1-4H3,(H,16,17). The molecule has 94 valence electrons. The van der Waals surface area contributed by atoms with Crippen LogP contribution in [0.25, 0.3) is 0 Å². The van der Waals surface area contributed by atoms with Crippen molar-refractivity contribution in [2.75, 3.05) is 4.90 Å². The molecule has 1 N–H and O–H groups in total. The lowest BCUT2D eigenvalue weighted by molar-refractivity contribution is 0.195. The van der Waals surface area contributed by atoms with Gasteiger partial charge in [-0.2, -0.15) is 0 Å². The molecule has 0 saturated heterocycles. The van der Waals surface area contributed by atoms with Gasteiger partial charge in [-0.1, -0.05) is 11.6 Å². The van der Waals surface area contributed by atoms with E-state index in [1.807, 2.05) is 33.8 Å². The van der Waals surface area contributed by atoms with E-state index < -0.39 is 11.6 Å². The van der Waals surface area contributed by atoms with Gasteiger partial charge in [-0.15, -0.1) is 0 Å². The first-order valence-corrected chi connectivity index (χ1v) is 6.59. The number of hydrogen-bond donors (Lipinski definition) is 1. The summed E-state index contributed by atoms with van der Waals surface area (Å²) in [6.07, 6.45) is -0.973. The van der Waals surface area contributed by atoms with Gasteiger partial charge in [0.2, 0.25) is 0 Å². The van der Waals surface area contributed by atoms with Crippen LogP contribution in [0.3, 0.4) is 0 Å².